The Morgan fingerprint density at radius 3 is 2.04 bits per heavy atom. The number of H-pyrrole nitrogens is 1. The van der Waals surface area contributed by atoms with E-state index in [0.717, 1.165) is 24.3 Å². The topological polar surface area (TPSA) is 268 Å². The first-order valence-electron chi connectivity index (χ1n) is 15.3. The number of aliphatic carboxylic acids is 1. The number of carboxylic acid groups (broad SMARTS) is 1. The number of carbonyl (C=O) groups excluding carboxylic acids is 2. The van der Waals surface area contributed by atoms with Gasteiger partial charge < -0.3 is 20.1 Å². The fraction of sp³-hybridized carbons (Fsp3) is 0.118. The summed E-state index contributed by atoms with van der Waals surface area (Å²) in [4.78, 5) is 51.8. The van der Waals surface area contributed by atoms with Crippen LogP contribution in [0.5, 0.6) is 0 Å². The highest BCUT2D eigenvalue weighted by molar-refractivity contribution is 7.92. The fourth-order valence-corrected chi connectivity index (χ4v) is 9.35. The van der Waals surface area contributed by atoms with E-state index in [2.05, 4.69) is 10.3 Å². The number of ketones is 1. The Bertz CT molecular complexity index is 2780. The maximum atomic E-state index is 14.2. The van der Waals surface area contributed by atoms with Crippen molar-refractivity contribution in [1.29, 1.82) is 0 Å². The normalized spacial score (nSPS) is 12.7. The van der Waals surface area contributed by atoms with Crippen LogP contribution in [0, 0.1) is 0 Å². The molecule has 0 saturated carbocycles. The minimum absolute atomic E-state index is 0.0323. The van der Waals surface area contributed by atoms with Crippen LogP contribution in [-0.4, -0.2) is 67.9 Å². The van der Waals surface area contributed by atoms with E-state index in [-0.39, 0.29) is 39.9 Å². The second kappa shape index (κ2) is 13.7. The van der Waals surface area contributed by atoms with Crippen molar-refractivity contribution in [3.63, 3.8) is 0 Å². The molecule has 1 heterocycles. The highest BCUT2D eigenvalue weighted by Gasteiger charge is 2.36. The van der Waals surface area contributed by atoms with Crippen LogP contribution in [-0.2, 0) is 46.2 Å². The smallest absolute Gasteiger partial charge is 0.344 e. The Hall–Kier alpha value is -5.73. The molecule has 1 aromatic heterocycles. The number of nitrogens with one attached hydrogen (secondary N) is 2. The number of hydrogen-bond acceptors (Lipinski definition) is 12. The lowest BCUT2D eigenvalue weighted by atomic mass is 9.81. The number of sulfone groups is 1. The molecular formula is C34H26N2O14S3. The molecular weight excluding hydrogens is 757 g/mol. The van der Waals surface area contributed by atoms with Crippen LogP contribution < -0.4 is 10.9 Å². The highest BCUT2D eigenvalue weighted by Crippen LogP contribution is 2.45. The van der Waals surface area contributed by atoms with Crippen LogP contribution in [0.2, 0.25) is 0 Å². The summed E-state index contributed by atoms with van der Waals surface area (Å²) in [6.07, 6.45) is -0.995. The molecule has 4 aromatic carbocycles. The van der Waals surface area contributed by atoms with E-state index in [0.29, 0.717) is 5.56 Å². The summed E-state index contributed by atoms with van der Waals surface area (Å²) in [5.41, 5.74) is -2.85. The second-order valence-corrected chi connectivity index (χ2v) is 16.6. The van der Waals surface area contributed by atoms with Crippen LogP contribution in [0.1, 0.15) is 44.7 Å². The van der Waals surface area contributed by atoms with Gasteiger partial charge in [0.1, 0.15) is 22.0 Å². The number of ether oxygens (including phenoxy) is 1. The van der Waals surface area contributed by atoms with Gasteiger partial charge >= 0.3 is 11.9 Å². The summed E-state index contributed by atoms with van der Waals surface area (Å²) in [6, 6.07) is 17.5. The number of anilines is 2. The molecule has 5 aromatic rings. The zero-order chi connectivity index (χ0) is 38.5. The van der Waals surface area contributed by atoms with Crippen molar-refractivity contribution < 1.29 is 58.6 Å². The molecule has 19 heteroatoms. The number of rotatable bonds is 12. The van der Waals surface area contributed by atoms with Gasteiger partial charge in [0.25, 0.3) is 25.8 Å². The van der Waals surface area contributed by atoms with Gasteiger partial charge in [-0.3, -0.25) is 23.5 Å². The van der Waals surface area contributed by atoms with Crippen molar-refractivity contribution in [3.05, 3.63) is 111 Å². The predicted molar refractivity (Wildman–Crippen MR) is 187 cm³/mol. The van der Waals surface area contributed by atoms with Crippen LogP contribution in [0.4, 0.5) is 11.4 Å². The minimum atomic E-state index is -5.22. The summed E-state index contributed by atoms with van der Waals surface area (Å²) in [7, 11) is -15.0. The number of pyridine rings is 1. The maximum absolute atomic E-state index is 14.2. The Morgan fingerprint density at radius 1 is 0.755 bits per heavy atom. The number of carboxylic acids is 1. The summed E-state index contributed by atoms with van der Waals surface area (Å²) in [5.74, 6) is -4.04. The van der Waals surface area contributed by atoms with Crippen LogP contribution in [0.15, 0.2) is 98.3 Å². The van der Waals surface area contributed by atoms with Crippen molar-refractivity contribution in [2.45, 2.75) is 34.1 Å². The Morgan fingerprint density at radius 2 is 1.40 bits per heavy atom. The predicted octanol–water partition coefficient (Wildman–Crippen LogP) is 3.97. The van der Waals surface area contributed by atoms with Crippen LogP contribution >= 0.6 is 0 Å². The first-order chi connectivity index (χ1) is 24.9. The molecule has 0 bridgehead atoms. The SMILES string of the molecule is O=C(O)CCCS(=O)(=O)c1cc(Nc2cc(S(=O)(=O)O)c3[nH]c(=O)c(C(=O)OCc4ccccc4)c4c3c2C(=O)c2ccccc2-4)ccc1S(=O)(=O)O. The maximum Gasteiger partial charge on any atom is 0.344 e. The van der Waals surface area contributed by atoms with Crippen molar-refractivity contribution >= 4 is 70.1 Å². The molecule has 16 nitrogen and oxygen atoms in total. The zero-order valence-corrected chi connectivity index (χ0v) is 29.3. The summed E-state index contributed by atoms with van der Waals surface area (Å²) < 4.78 is 102. The lowest BCUT2D eigenvalue weighted by molar-refractivity contribution is -0.137. The molecule has 274 valence electrons. The van der Waals surface area contributed by atoms with Gasteiger partial charge in [-0.15, -0.1) is 0 Å². The molecule has 0 atom stereocenters. The molecule has 53 heavy (non-hydrogen) atoms. The standard InChI is InChI=1S/C34H26N2O14S3/c37-26(38)11-6-14-51(42,43)24-15-19(12-13-23(24)52(44,45)46)35-22-16-25(53(47,48)49)31-29-27(20-9-4-5-10-21(20)32(39)28(22)29)30(33(40)36-31)34(41)50-17-18-7-2-1-3-8-18/h1-5,7-10,12-13,15-16,35H,6,11,14,17H2,(H,36,40)(H,37,38)(H,44,45,46)(H,47,48,49). The summed E-state index contributed by atoms with van der Waals surface area (Å²) in [6.45, 7) is -0.261. The first kappa shape index (κ1) is 37.0. The van der Waals surface area contributed by atoms with Crippen molar-refractivity contribution in [3.8, 4) is 11.1 Å². The lowest BCUT2D eigenvalue weighted by Gasteiger charge is -2.25. The number of carbonyl (C=O) groups is 3. The zero-order valence-electron chi connectivity index (χ0n) is 26.9. The largest absolute Gasteiger partial charge is 0.481 e. The number of fused-ring (bicyclic) bond motifs is 2. The van der Waals surface area contributed by atoms with Gasteiger partial charge in [0.2, 0.25) is 0 Å². The Labute approximate surface area is 300 Å². The van der Waals surface area contributed by atoms with E-state index < -0.39 is 103 Å². The molecule has 5 N–H and O–H groups in total. The number of benzene rings is 4. The first-order valence-corrected chi connectivity index (χ1v) is 19.8. The van der Waals surface area contributed by atoms with Gasteiger partial charge in [-0.1, -0.05) is 54.6 Å². The molecule has 1 aliphatic rings. The molecule has 0 aliphatic heterocycles. The number of hydrogen-bond donors (Lipinski definition) is 5. The average Bonchev–Trinajstić information content (AvgIpc) is 3.08. The Kier molecular flexibility index (Phi) is 9.56. The van der Waals surface area contributed by atoms with Crippen LogP contribution in [0.25, 0.3) is 22.0 Å². The van der Waals surface area contributed by atoms with E-state index in [4.69, 9.17) is 9.84 Å². The highest BCUT2D eigenvalue weighted by atomic mass is 32.2. The van der Waals surface area contributed by atoms with Gasteiger partial charge in [-0.2, -0.15) is 16.8 Å². The van der Waals surface area contributed by atoms with Gasteiger partial charge in [0.15, 0.2) is 15.6 Å². The number of aromatic amines is 1. The van der Waals surface area contributed by atoms with Gasteiger partial charge in [0.05, 0.1) is 27.4 Å². The molecule has 0 spiro atoms. The van der Waals surface area contributed by atoms with Gasteiger partial charge in [-0.25, -0.2) is 13.2 Å². The minimum Gasteiger partial charge on any atom is -0.481 e. The van der Waals surface area contributed by atoms with E-state index in [1.807, 2.05) is 0 Å². The molecule has 0 unspecified atom stereocenters. The molecule has 0 amide bonds. The number of aromatic nitrogens is 1. The molecule has 0 radical (unpaired) electrons. The van der Waals surface area contributed by atoms with Crippen LogP contribution in [0.3, 0.4) is 0 Å². The third-order valence-corrected chi connectivity index (χ3v) is 12.0. The van der Waals surface area contributed by atoms with E-state index in [9.17, 15) is 53.5 Å². The monoisotopic (exact) mass is 782 g/mol. The summed E-state index contributed by atoms with van der Waals surface area (Å²) in [5, 5.41) is 11.3. The lowest BCUT2D eigenvalue weighted by Crippen LogP contribution is -2.25. The quantitative estimate of drug-likeness (QED) is 0.0868. The van der Waals surface area contributed by atoms with Crippen molar-refractivity contribution in [2.24, 2.45) is 0 Å². The van der Waals surface area contributed by atoms with E-state index in [1.165, 1.54) is 24.3 Å². The van der Waals surface area contributed by atoms with Crippen molar-refractivity contribution in [2.75, 3.05) is 11.1 Å². The van der Waals surface area contributed by atoms with Gasteiger partial charge in [-0.05, 0) is 41.8 Å². The van der Waals surface area contributed by atoms with E-state index in [1.54, 1.807) is 30.3 Å². The third kappa shape index (κ3) is 7.19. The molecule has 6 rings (SSSR count). The molecule has 0 fully saturated rings. The second-order valence-electron chi connectivity index (χ2n) is 11.7. The van der Waals surface area contributed by atoms with Crippen molar-refractivity contribution in [1.82, 2.24) is 4.98 Å². The molecule has 0 saturated heterocycles. The molecule has 1 aliphatic carbocycles. The number of esters is 1. The average molecular weight is 783 g/mol. The fourth-order valence-electron chi connectivity index (χ4n) is 6.00. The summed E-state index contributed by atoms with van der Waals surface area (Å²) >= 11 is 0. The van der Waals surface area contributed by atoms with Gasteiger partial charge in [0, 0.05) is 28.6 Å². The third-order valence-electron chi connectivity index (χ3n) is 8.26. The van der Waals surface area contributed by atoms with E-state index >= 15 is 0 Å². The Balaban J connectivity index is 1.60.